The van der Waals surface area contributed by atoms with Gasteiger partial charge >= 0.3 is 5.66 Å². The van der Waals surface area contributed by atoms with E-state index in [1.54, 1.807) is 30.3 Å². The summed E-state index contributed by atoms with van der Waals surface area (Å²) in [6.45, 7) is -0.898. The minimum Gasteiger partial charge on any atom is -0.394 e. The molecule has 1 aliphatic rings. The van der Waals surface area contributed by atoms with E-state index < -0.39 is 46.5 Å². The predicted molar refractivity (Wildman–Crippen MR) is 103 cm³/mol. The highest BCUT2D eigenvalue weighted by Gasteiger charge is 2.86. The number of aliphatic hydroxyl groups is 2. The Hall–Kier alpha value is -3.75. The summed E-state index contributed by atoms with van der Waals surface area (Å²) in [5.74, 6) is -0.0522. The Kier molecular flexibility index (Phi) is 4.76. The first-order chi connectivity index (χ1) is 14.8. The van der Waals surface area contributed by atoms with Crippen LogP contribution in [0.15, 0.2) is 43.0 Å². The van der Waals surface area contributed by atoms with Gasteiger partial charge in [0, 0.05) is 6.42 Å². The minimum atomic E-state index is -3.30. The molecule has 1 saturated heterocycles. The van der Waals surface area contributed by atoms with Gasteiger partial charge in [-0.15, -0.1) is 0 Å². The second kappa shape index (κ2) is 7.19. The van der Waals surface area contributed by atoms with Crippen LogP contribution in [-0.2, 0) is 16.9 Å². The van der Waals surface area contributed by atoms with E-state index in [-0.39, 0.29) is 17.0 Å². The van der Waals surface area contributed by atoms with Gasteiger partial charge in [-0.25, -0.2) is 15.0 Å². The summed E-state index contributed by atoms with van der Waals surface area (Å²) in [5.41, 5.74) is 0.461. The predicted octanol–water partition coefficient (Wildman–Crippen LogP) is -0.694. The maximum atomic E-state index is 12.3. The summed E-state index contributed by atoms with van der Waals surface area (Å²) in [6, 6.07) is 8.17. The molecule has 14 heteroatoms. The Bertz CT molecular complexity index is 1140. The molecule has 1 aliphatic heterocycles. The lowest BCUT2D eigenvalue weighted by atomic mass is 9.86. The molecule has 4 N–H and O–H groups in total. The molecule has 31 heavy (non-hydrogen) atoms. The topological polar surface area (TPSA) is 206 Å². The molecule has 0 saturated carbocycles. The quantitative estimate of drug-likeness (QED) is 0.253. The van der Waals surface area contributed by atoms with E-state index in [0.29, 0.717) is 5.56 Å². The number of rotatable bonds is 6. The van der Waals surface area contributed by atoms with Gasteiger partial charge in [0.25, 0.3) is 5.72 Å². The fourth-order valence-corrected chi connectivity index (χ4v) is 4.08. The summed E-state index contributed by atoms with van der Waals surface area (Å²) < 4.78 is 6.80. The number of fused-ring (bicyclic) bond motifs is 1. The van der Waals surface area contributed by atoms with E-state index in [4.69, 9.17) is 10.5 Å². The second-order valence-corrected chi connectivity index (χ2v) is 7.02. The maximum Gasteiger partial charge on any atom is 0.532 e. The van der Waals surface area contributed by atoms with Gasteiger partial charge in [0.15, 0.2) is 11.5 Å². The van der Waals surface area contributed by atoms with Crippen molar-refractivity contribution in [1.29, 1.82) is 0 Å². The highest BCUT2D eigenvalue weighted by atomic mass is 16.7. The molecule has 14 nitrogen and oxygen atoms in total. The molecule has 0 aliphatic carbocycles. The average molecular weight is 431 g/mol. The molecule has 0 spiro atoms. The third-order valence-corrected chi connectivity index (χ3v) is 5.46. The molecular formula is C17H17N7O7. The summed E-state index contributed by atoms with van der Waals surface area (Å²) in [5, 5.41) is 45.0. The van der Waals surface area contributed by atoms with Gasteiger partial charge in [-0.1, -0.05) is 30.3 Å². The van der Waals surface area contributed by atoms with Crippen LogP contribution in [0.4, 0.5) is 5.82 Å². The minimum absolute atomic E-state index is 0.0427. The Morgan fingerprint density at radius 1 is 1.16 bits per heavy atom. The van der Waals surface area contributed by atoms with Gasteiger partial charge < -0.3 is 20.7 Å². The first kappa shape index (κ1) is 20.5. The third-order valence-electron chi connectivity index (χ3n) is 5.46. The van der Waals surface area contributed by atoms with Crippen molar-refractivity contribution in [1.82, 2.24) is 19.5 Å². The molecule has 0 bridgehead atoms. The number of aromatic nitrogens is 4. The van der Waals surface area contributed by atoms with Gasteiger partial charge in [0.2, 0.25) is 6.10 Å². The molecule has 4 rings (SSSR count). The van der Waals surface area contributed by atoms with Gasteiger partial charge in [0.05, 0.1) is 6.61 Å². The monoisotopic (exact) mass is 431 g/mol. The molecule has 3 atom stereocenters. The van der Waals surface area contributed by atoms with E-state index in [1.807, 2.05) is 0 Å². The number of nitrogens with two attached hydrogens (primary N) is 1. The highest BCUT2D eigenvalue weighted by molar-refractivity contribution is 5.81. The van der Waals surface area contributed by atoms with Crippen molar-refractivity contribution < 1.29 is 24.8 Å². The fourth-order valence-electron chi connectivity index (χ4n) is 4.08. The number of ether oxygens (including phenoxy) is 1. The van der Waals surface area contributed by atoms with E-state index in [2.05, 4.69) is 15.0 Å². The normalized spacial score (nSPS) is 25.0. The molecule has 3 heterocycles. The number of anilines is 1. The van der Waals surface area contributed by atoms with Gasteiger partial charge in [-0.2, -0.15) is 0 Å². The number of aliphatic hydroxyl groups excluding tert-OH is 2. The summed E-state index contributed by atoms with van der Waals surface area (Å²) in [4.78, 5) is 34.1. The van der Waals surface area contributed by atoms with Crippen molar-refractivity contribution >= 4 is 17.0 Å². The maximum absolute atomic E-state index is 12.3. The van der Waals surface area contributed by atoms with Crippen LogP contribution in [0.5, 0.6) is 0 Å². The average Bonchev–Trinajstić information content (AvgIpc) is 3.28. The van der Waals surface area contributed by atoms with Crippen molar-refractivity contribution in [3.63, 3.8) is 0 Å². The molecule has 1 fully saturated rings. The Morgan fingerprint density at radius 2 is 1.84 bits per heavy atom. The fraction of sp³-hybridized carbons (Fsp3) is 0.353. The number of benzene rings is 1. The summed E-state index contributed by atoms with van der Waals surface area (Å²) in [6.07, 6.45) is -2.20. The smallest absolute Gasteiger partial charge is 0.394 e. The van der Waals surface area contributed by atoms with Crippen molar-refractivity contribution in [2.75, 3.05) is 12.3 Å². The molecule has 2 aromatic heterocycles. The molecule has 0 amide bonds. The van der Waals surface area contributed by atoms with Crippen molar-refractivity contribution in [3.8, 4) is 0 Å². The van der Waals surface area contributed by atoms with Crippen LogP contribution in [0.3, 0.4) is 0 Å². The first-order valence-corrected chi connectivity index (χ1v) is 9.03. The lowest BCUT2D eigenvalue weighted by Gasteiger charge is -2.33. The SMILES string of the molecule is Nc1ncnc2c1ncn2[C@]1(Cc2ccccc2)O[C@H](CO)[C@@H](O)C1([N+](=O)[O-])[N+](=O)[O-]. The zero-order valence-corrected chi connectivity index (χ0v) is 15.8. The number of nitrogen functional groups attached to an aromatic ring is 1. The lowest BCUT2D eigenvalue weighted by Crippen LogP contribution is -2.68. The van der Waals surface area contributed by atoms with E-state index in [1.165, 1.54) is 0 Å². The molecule has 3 aromatic rings. The van der Waals surface area contributed by atoms with Crippen molar-refractivity contribution in [2.45, 2.75) is 30.0 Å². The second-order valence-electron chi connectivity index (χ2n) is 7.02. The van der Waals surface area contributed by atoms with E-state index in [9.17, 15) is 30.4 Å². The number of nitro groups is 2. The van der Waals surface area contributed by atoms with Crippen LogP contribution in [0.1, 0.15) is 5.56 Å². The van der Waals surface area contributed by atoms with E-state index in [0.717, 1.165) is 17.2 Å². The third kappa shape index (κ3) is 2.66. The van der Waals surface area contributed by atoms with Crippen LogP contribution >= 0.6 is 0 Å². The summed E-state index contributed by atoms with van der Waals surface area (Å²) >= 11 is 0. The summed E-state index contributed by atoms with van der Waals surface area (Å²) in [7, 11) is 0. The number of hydrogen-bond acceptors (Lipinski definition) is 11. The molecule has 0 radical (unpaired) electrons. The van der Waals surface area contributed by atoms with Gasteiger partial charge in [0.1, 0.15) is 34.1 Å². The molecule has 0 unspecified atom stereocenters. The van der Waals surface area contributed by atoms with Crippen LogP contribution in [0.25, 0.3) is 11.2 Å². The lowest BCUT2D eigenvalue weighted by molar-refractivity contribution is -0.823. The van der Waals surface area contributed by atoms with E-state index >= 15 is 0 Å². The van der Waals surface area contributed by atoms with Crippen LogP contribution in [0, 0.1) is 20.2 Å². The number of imidazole rings is 1. The van der Waals surface area contributed by atoms with Crippen LogP contribution in [-0.4, -0.2) is 64.1 Å². The number of nitrogens with zero attached hydrogens (tertiary/aromatic N) is 6. The Morgan fingerprint density at radius 3 is 2.45 bits per heavy atom. The zero-order chi connectivity index (χ0) is 22.4. The standard InChI is InChI=1S/C17H17N7O7/c18-14-12-15(20-8-19-14)22(9-21-12)16(6-10-4-2-1-3-5-10)17(23(27)28,24(29)30)13(26)11(7-25)31-16/h1-5,8-9,11,13,25-26H,6-7H2,(H2,18,19,20)/t11-,13-,16-/m1/s1. The molecule has 162 valence electrons. The van der Waals surface area contributed by atoms with Gasteiger partial charge in [-0.3, -0.25) is 24.8 Å². The zero-order valence-electron chi connectivity index (χ0n) is 15.8. The van der Waals surface area contributed by atoms with Gasteiger partial charge in [-0.05, 0) is 5.56 Å². The largest absolute Gasteiger partial charge is 0.532 e. The molecular weight excluding hydrogens is 414 g/mol. The van der Waals surface area contributed by atoms with Crippen molar-refractivity contribution in [3.05, 3.63) is 68.8 Å². The highest BCUT2D eigenvalue weighted by Crippen LogP contribution is 2.49. The molecule has 1 aromatic carbocycles. The van der Waals surface area contributed by atoms with Crippen LogP contribution < -0.4 is 5.73 Å². The first-order valence-electron chi connectivity index (χ1n) is 9.03. The van der Waals surface area contributed by atoms with Crippen molar-refractivity contribution in [2.24, 2.45) is 0 Å². The Balaban J connectivity index is 2.10. The number of hydrogen-bond donors (Lipinski definition) is 3. The van der Waals surface area contributed by atoms with Crippen LogP contribution in [0.2, 0.25) is 0 Å². The Labute approximate surface area is 173 Å².